The van der Waals surface area contributed by atoms with E-state index in [9.17, 15) is 4.79 Å². The molecular weight excluding hydrogens is 264 g/mol. The van der Waals surface area contributed by atoms with E-state index in [1.54, 1.807) is 36.5 Å². The van der Waals surface area contributed by atoms with Crippen molar-refractivity contribution in [1.82, 2.24) is 4.98 Å². The Labute approximate surface area is 123 Å². The number of anilines is 2. The highest BCUT2D eigenvalue weighted by Crippen LogP contribution is 2.14. The van der Waals surface area contributed by atoms with Crippen LogP contribution < -0.4 is 10.6 Å². The van der Waals surface area contributed by atoms with Crippen LogP contribution >= 0.6 is 0 Å². The molecule has 21 heavy (non-hydrogen) atoms. The molecule has 2 rings (SSSR count). The summed E-state index contributed by atoms with van der Waals surface area (Å²) in [4.78, 5) is 16.2. The lowest BCUT2D eigenvalue weighted by atomic mass is 10.2. The van der Waals surface area contributed by atoms with Crippen molar-refractivity contribution in [3.8, 4) is 6.07 Å². The molecule has 1 amide bonds. The van der Waals surface area contributed by atoms with Crippen LogP contribution in [0.5, 0.6) is 0 Å². The maximum Gasteiger partial charge on any atom is 0.257 e. The van der Waals surface area contributed by atoms with E-state index in [0.29, 0.717) is 16.8 Å². The summed E-state index contributed by atoms with van der Waals surface area (Å²) in [6, 6.07) is 10.8. The molecule has 0 bridgehead atoms. The zero-order valence-corrected chi connectivity index (χ0v) is 11.9. The highest BCUT2D eigenvalue weighted by molar-refractivity contribution is 6.04. The van der Waals surface area contributed by atoms with Gasteiger partial charge in [-0.2, -0.15) is 5.26 Å². The summed E-state index contributed by atoms with van der Waals surface area (Å²) in [7, 11) is 0. The number of nitrogens with zero attached hydrogens (tertiary/aromatic N) is 2. The minimum Gasteiger partial charge on any atom is -0.382 e. The molecule has 0 unspecified atom stereocenters. The van der Waals surface area contributed by atoms with E-state index in [1.165, 1.54) is 6.20 Å². The van der Waals surface area contributed by atoms with Crippen LogP contribution in [0.15, 0.2) is 42.7 Å². The van der Waals surface area contributed by atoms with Crippen molar-refractivity contribution in [2.45, 2.75) is 19.9 Å². The van der Waals surface area contributed by atoms with Gasteiger partial charge in [0, 0.05) is 24.1 Å². The molecule has 106 valence electrons. The first-order valence-electron chi connectivity index (χ1n) is 6.61. The van der Waals surface area contributed by atoms with Gasteiger partial charge in [0.25, 0.3) is 5.91 Å². The first kappa shape index (κ1) is 14.5. The quantitative estimate of drug-likeness (QED) is 0.902. The van der Waals surface area contributed by atoms with Gasteiger partial charge in [0.2, 0.25) is 0 Å². The molecule has 0 radical (unpaired) electrons. The number of nitrogens with one attached hydrogen (secondary N) is 2. The number of rotatable bonds is 4. The molecule has 5 nitrogen and oxygen atoms in total. The Hall–Kier alpha value is -2.87. The highest BCUT2D eigenvalue weighted by Gasteiger charge is 2.08. The van der Waals surface area contributed by atoms with Crippen molar-refractivity contribution in [2.24, 2.45) is 0 Å². The van der Waals surface area contributed by atoms with E-state index in [4.69, 9.17) is 5.26 Å². The van der Waals surface area contributed by atoms with Gasteiger partial charge in [-0.3, -0.25) is 9.78 Å². The molecule has 5 heteroatoms. The molecule has 0 aliphatic carbocycles. The molecule has 0 spiro atoms. The van der Waals surface area contributed by atoms with Gasteiger partial charge in [-0.1, -0.05) is 6.07 Å². The normalized spacial score (nSPS) is 10.0. The number of carbonyl (C=O) groups excluding carboxylic acids is 1. The minimum atomic E-state index is -0.259. The summed E-state index contributed by atoms with van der Waals surface area (Å²) in [5, 5.41) is 14.8. The number of amides is 1. The maximum absolute atomic E-state index is 12.2. The smallest absolute Gasteiger partial charge is 0.257 e. The van der Waals surface area contributed by atoms with Crippen LogP contribution in [0.1, 0.15) is 29.8 Å². The number of nitriles is 1. The average Bonchev–Trinajstić information content (AvgIpc) is 2.47. The van der Waals surface area contributed by atoms with Gasteiger partial charge in [-0.05, 0) is 38.1 Å². The third kappa shape index (κ3) is 4.05. The summed E-state index contributed by atoms with van der Waals surface area (Å²) < 4.78 is 0. The predicted molar refractivity (Wildman–Crippen MR) is 82.1 cm³/mol. The van der Waals surface area contributed by atoms with Crippen molar-refractivity contribution in [3.63, 3.8) is 0 Å². The van der Waals surface area contributed by atoms with Gasteiger partial charge in [0.05, 0.1) is 22.9 Å². The average molecular weight is 280 g/mol. The Balaban J connectivity index is 2.14. The lowest BCUT2D eigenvalue weighted by Gasteiger charge is -2.11. The number of carbonyl (C=O) groups is 1. The SMILES string of the molecule is CC(C)Nc1cncc(C(=O)Nc2cccc(C#N)c2)c1. The Kier molecular flexibility index (Phi) is 4.52. The van der Waals surface area contributed by atoms with Crippen LogP contribution in [-0.2, 0) is 0 Å². The van der Waals surface area contributed by atoms with Crippen molar-refractivity contribution >= 4 is 17.3 Å². The van der Waals surface area contributed by atoms with E-state index < -0.39 is 0 Å². The van der Waals surface area contributed by atoms with Crippen molar-refractivity contribution in [1.29, 1.82) is 5.26 Å². The van der Waals surface area contributed by atoms with Gasteiger partial charge in [0.1, 0.15) is 0 Å². The van der Waals surface area contributed by atoms with E-state index in [0.717, 1.165) is 5.69 Å². The molecule has 0 aliphatic heterocycles. The first-order valence-corrected chi connectivity index (χ1v) is 6.61. The van der Waals surface area contributed by atoms with Crippen LogP contribution in [0.4, 0.5) is 11.4 Å². The van der Waals surface area contributed by atoms with E-state index in [-0.39, 0.29) is 11.9 Å². The lowest BCUT2D eigenvalue weighted by molar-refractivity contribution is 0.102. The molecule has 0 aliphatic rings. The largest absolute Gasteiger partial charge is 0.382 e. The third-order valence-corrected chi connectivity index (χ3v) is 2.71. The van der Waals surface area contributed by atoms with Crippen molar-refractivity contribution < 1.29 is 4.79 Å². The van der Waals surface area contributed by atoms with Crippen LogP contribution in [0.25, 0.3) is 0 Å². The number of aromatic nitrogens is 1. The molecule has 2 aromatic rings. The van der Waals surface area contributed by atoms with Gasteiger partial charge >= 0.3 is 0 Å². The summed E-state index contributed by atoms with van der Waals surface area (Å²) in [5.74, 6) is -0.259. The van der Waals surface area contributed by atoms with Gasteiger partial charge in [-0.15, -0.1) is 0 Å². The van der Waals surface area contributed by atoms with E-state index in [2.05, 4.69) is 15.6 Å². The second-order valence-electron chi connectivity index (χ2n) is 4.91. The zero-order valence-electron chi connectivity index (χ0n) is 11.9. The Morgan fingerprint density at radius 1 is 1.24 bits per heavy atom. The van der Waals surface area contributed by atoms with Gasteiger partial charge < -0.3 is 10.6 Å². The predicted octanol–water partition coefficient (Wildman–Crippen LogP) is 3.03. The van der Waals surface area contributed by atoms with Crippen LogP contribution in [0.2, 0.25) is 0 Å². The fourth-order valence-electron chi connectivity index (χ4n) is 1.85. The van der Waals surface area contributed by atoms with Crippen molar-refractivity contribution in [3.05, 3.63) is 53.9 Å². The third-order valence-electron chi connectivity index (χ3n) is 2.71. The Morgan fingerprint density at radius 2 is 2.05 bits per heavy atom. The number of hydrogen-bond donors (Lipinski definition) is 2. The summed E-state index contributed by atoms with van der Waals surface area (Å²) in [6.07, 6.45) is 3.18. The van der Waals surface area contributed by atoms with Crippen LogP contribution in [-0.4, -0.2) is 16.9 Å². The fraction of sp³-hybridized carbons (Fsp3) is 0.188. The molecular formula is C16H16N4O. The number of pyridine rings is 1. The minimum absolute atomic E-state index is 0.259. The second kappa shape index (κ2) is 6.53. The Morgan fingerprint density at radius 3 is 2.76 bits per heavy atom. The molecule has 0 fully saturated rings. The number of benzene rings is 1. The lowest BCUT2D eigenvalue weighted by Crippen LogP contribution is -2.14. The second-order valence-corrected chi connectivity index (χ2v) is 4.91. The topological polar surface area (TPSA) is 77.8 Å². The summed E-state index contributed by atoms with van der Waals surface area (Å²) in [5.41, 5.74) is 2.34. The molecule has 1 heterocycles. The fourth-order valence-corrected chi connectivity index (χ4v) is 1.85. The molecule has 1 aromatic carbocycles. The zero-order chi connectivity index (χ0) is 15.2. The van der Waals surface area contributed by atoms with Crippen LogP contribution in [0.3, 0.4) is 0 Å². The highest BCUT2D eigenvalue weighted by atomic mass is 16.1. The standard InChI is InChI=1S/C16H16N4O/c1-11(2)19-15-7-13(9-18-10-15)16(21)20-14-5-3-4-12(6-14)8-17/h3-7,9-11,19H,1-2H3,(H,20,21). The number of hydrogen-bond acceptors (Lipinski definition) is 4. The molecule has 0 atom stereocenters. The molecule has 2 N–H and O–H groups in total. The first-order chi connectivity index (χ1) is 10.1. The molecule has 0 saturated carbocycles. The molecule has 1 aromatic heterocycles. The van der Waals surface area contributed by atoms with E-state index >= 15 is 0 Å². The van der Waals surface area contributed by atoms with Crippen LogP contribution in [0, 0.1) is 11.3 Å². The molecule has 0 saturated heterocycles. The summed E-state index contributed by atoms with van der Waals surface area (Å²) >= 11 is 0. The monoisotopic (exact) mass is 280 g/mol. The van der Waals surface area contributed by atoms with Gasteiger partial charge in [0.15, 0.2) is 0 Å². The Bertz CT molecular complexity index is 689. The van der Waals surface area contributed by atoms with Crippen molar-refractivity contribution in [2.75, 3.05) is 10.6 Å². The summed E-state index contributed by atoms with van der Waals surface area (Å²) in [6.45, 7) is 4.03. The van der Waals surface area contributed by atoms with Gasteiger partial charge in [-0.25, -0.2) is 0 Å². The maximum atomic E-state index is 12.2. The van der Waals surface area contributed by atoms with E-state index in [1.807, 2.05) is 19.9 Å².